The molecule has 31 heavy (non-hydrogen) atoms. The number of hydrogen-bond acceptors (Lipinski definition) is 6. The third-order valence-electron chi connectivity index (χ3n) is 7.02. The average Bonchev–Trinajstić information content (AvgIpc) is 2.69. The zero-order valence-corrected chi connectivity index (χ0v) is 18.8. The van der Waals surface area contributed by atoms with E-state index in [0.717, 1.165) is 11.1 Å². The number of ether oxygens (including phenoxy) is 2. The Morgan fingerprint density at radius 2 is 1.39 bits per heavy atom. The first kappa shape index (κ1) is 21.6. The number of rotatable bonds is 3. The van der Waals surface area contributed by atoms with Gasteiger partial charge in [0.1, 0.15) is 28.7 Å². The first-order valence-electron chi connectivity index (χ1n) is 10.8. The lowest BCUT2D eigenvalue weighted by Crippen LogP contribution is -2.36. The summed E-state index contributed by atoms with van der Waals surface area (Å²) < 4.78 is 11.9. The van der Waals surface area contributed by atoms with E-state index in [4.69, 9.17) is 9.47 Å². The van der Waals surface area contributed by atoms with Crippen molar-refractivity contribution in [2.24, 2.45) is 0 Å². The smallest absolute Gasteiger partial charge is 0.134 e. The van der Waals surface area contributed by atoms with Gasteiger partial charge in [0, 0.05) is 40.0 Å². The van der Waals surface area contributed by atoms with Gasteiger partial charge in [0.05, 0.1) is 18.8 Å². The summed E-state index contributed by atoms with van der Waals surface area (Å²) in [6.45, 7) is 10.3. The highest BCUT2D eigenvalue weighted by atomic mass is 16.5. The molecular formula is C25H32O6. The van der Waals surface area contributed by atoms with E-state index in [0.29, 0.717) is 48.7 Å². The van der Waals surface area contributed by atoms with Crippen LogP contribution in [0.15, 0.2) is 18.2 Å². The standard InChI is InChI=1S/C25H32O6/c1-13-6-7-16(26)19-14(8-10-30-22(13)19)24(2,3)21-18(28)12-17(27)20-15(25(4,5)29)9-11-31-23(20)21/h6-7,12,14-15,26-29H,8-11H2,1-5H3. The third kappa shape index (κ3) is 3.37. The lowest BCUT2D eigenvalue weighted by molar-refractivity contribution is 0.0323. The SMILES string of the molecule is Cc1ccc(O)c2c1OCCC2C(C)(C)c1c(O)cc(O)c2c1OCCC2C(C)(C)O. The van der Waals surface area contributed by atoms with Crippen molar-refractivity contribution in [2.45, 2.75) is 70.3 Å². The van der Waals surface area contributed by atoms with Crippen LogP contribution in [0, 0.1) is 6.92 Å². The molecule has 2 unspecified atom stereocenters. The summed E-state index contributed by atoms with van der Waals surface area (Å²) in [5, 5.41) is 43.1. The zero-order valence-electron chi connectivity index (χ0n) is 18.8. The van der Waals surface area contributed by atoms with Gasteiger partial charge in [-0.15, -0.1) is 0 Å². The third-order valence-corrected chi connectivity index (χ3v) is 7.02. The van der Waals surface area contributed by atoms with Crippen molar-refractivity contribution in [2.75, 3.05) is 13.2 Å². The predicted molar refractivity (Wildman–Crippen MR) is 118 cm³/mol. The first-order chi connectivity index (χ1) is 14.4. The minimum Gasteiger partial charge on any atom is -0.508 e. The number of fused-ring (bicyclic) bond motifs is 2. The van der Waals surface area contributed by atoms with Crippen molar-refractivity contribution >= 4 is 0 Å². The Balaban J connectivity index is 1.93. The van der Waals surface area contributed by atoms with Crippen LogP contribution in [-0.2, 0) is 5.41 Å². The van der Waals surface area contributed by atoms with Crippen LogP contribution in [0.3, 0.4) is 0 Å². The van der Waals surface area contributed by atoms with Gasteiger partial charge in [-0.05, 0) is 45.2 Å². The molecule has 4 rings (SSSR count). The molecule has 6 heteroatoms. The van der Waals surface area contributed by atoms with Crippen LogP contribution < -0.4 is 9.47 Å². The largest absolute Gasteiger partial charge is 0.508 e. The molecule has 2 heterocycles. The van der Waals surface area contributed by atoms with Crippen molar-refractivity contribution < 1.29 is 29.9 Å². The number of aromatic hydroxyl groups is 3. The van der Waals surface area contributed by atoms with E-state index in [1.165, 1.54) is 6.07 Å². The molecular weight excluding hydrogens is 396 g/mol. The second-order valence-electron chi connectivity index (χ2n) is 9.93. The predicted octanol–water partition coefficient (Wildman–Crippen LogP) is 4.59. The van der Waals surface area contributed by atoms with Gasteiger partial charge >= 0.3 is 0 Å². The lowest BCUT2D eigenvalue weighted by atomic mass is 9.66. The van der Waals surface area contributed by atoms with E-state index in [2.05, 4.69) is 0 Å². The molecule has 0 radical (unpaired) electrons. The molecule has 0 aromatic heterocycles. The highest BCUT2D eigenvalue weighted by molar-refractivity contribution is 5.63. The Hall–Kier alpha value is -2.60. The number of benzene rings is 2. The van der Waals surface area contributed by atoms with Crippen molar-refractivity contribution in [3.05, 3.63) is 40.5 Å². The quantitative estimate of drug-likeness (QED) is 0.571. The fraction of sp³-hybridized carbons (Fsp3) is 0.520. The van der Waals surface area contributed by atoms with Crippen LogP contribution in [0.4, 0.5) is 0 Å². The van der Waals surface area contributed by atoms with Crippen molar-refractivity contribution in [3.8, 4) is 28.7 Å². The summed E-state index contributed by atoms with van der Waals surface area (Å²) in [4.78, 5) is 0. The Morgan fingerprint density at radius 3 is 2.03 bits per heavy atom. The zero-order chi connectivity index (χ0) is 22.7. The summed E-state index contributed by atoms with van der Waals surface area (Å²) >= 11 is 0. The molecule has 0 saturated carbocycles. The van der Waals surface area contributed by atoms with Gasteiger partial charge in [0.2, 0.25) is 0 Å². The van der Waals surface area contributed by atoms with Crippen LogP contribution in [0.25, 0.3) is 0 Å². The minimum absolute atomic E-state index is 0.0576. The van der Waals surface area contributed by atoms with Crippen LogP contribution in [0.1, 0.15) is 74.6 Å². The topological polar surface area (TPSA) is 99.4 Å². The number of aryl methyl sites for hydroxylation is 1. The molecule has 4 N–H and O–H groups in total. The molecule has 0 bridgehead atoms. The molecule has 0 saturated heterocycles. The maximum Gasteiger partial charge on any atom is 0.134 e. The summed E-state index contributed by atoms with van der Waals surface area (Å²) in [6, 6.07) is 4.86. The maximum absolute atomic E-state index is 11.0. The van der Waals surface area contributed by atoms with Gasteiger partial charge in [-0.3, -0.25) is 0 Å². The van der Waals surface area contributed by atoms with Crippen LogP contribution in [0.2, 0.25) is 0 Å². The summed E-state index contributed by atoms with van der Waals surface area (Å²) in [5.41, 5.74) is 1.06. The molecule has 0 aliphatic carbocycles. The minimum atomic E-state index is -1.06. The first-order valence-corrected chi connectivity index (χ1v) is 10.8. The van der Waals surface area contributed by atoms with Crippen molar-refractivity contribution in [1.82, 2.24) is 0 Å². The van der Waals surface area contributed by atoms with Crippen molar-refractivity contribution in [1.29, 1.82) is 0 Å². The molecule has 2 aromatic rings. The van der Waals surface area contributed by atoms with Crippen LogP contribution in [-0.4, -0.2) is 39.2 Å². The van der Waals surface area contributed by atoms with Gasteiger partial charge in [-0.2, -0.15) is 0 Å². The number of aliphatic hydroxyl groups is 1. The number of phenols is 3. The summed E-state index contributed by atoms with van der Waals surface area (Å²) in [5.74, 6) is 0.669. The fourth-order valence-electron chi connectivity index (χ4n) is 5.43. The average molecular weight is 429 g/mol. The monoisotopic (exact) mass is 428 g/mol. The van der Waals surface area contributed by atoms with Gasteiger partial charge in [0.25, 0.3) is 0 Å². The van der Waals surface area contributed by atoms with Gasteiger partial charge in [0.15, 0.2) is 0 Å². The van der Waals surface area contributed by atoms with Crippen molar-refractivity contribution in [3.63, 3.8) is 0 Å². The number of phenolic OH excluding ortho intramolecular Hbond substituents is 3. The summed E-state index contributed by atoms with van der Waals surface area (Å²) in [6.07, 6.45) is 1.22. The molecule has 6 nitrogen and oxygen atoms in total. The normalized spacial score (nSPS) is 21.0. The molecule has 0 amide bonds. The highest BCUT2D eigenvalue weighted by Crippen LogP contribution is 2.58. The molecule has 168 valence electrons. The summed E-state index contributed by atoms with van der Waals surface area (Å²) in [7, 11) is 0. The molecule has 0 spiro atoms. The number of hydrogen-bond donors (Lipinski definition) is 4. The second kappa shape index (κ2) is 7.23. The van der Waals surface area contributed by atoms with E-state index in [-0.39, 0.29) is 29.1 Å². The molecule has 2 aliphatic heterocycles. The van der Waals surface area contributed by atoms with E-state index in [1.54, 1.807) is 19.9 Å². The molecule has 2 aromatic carbocycles. The van der Waals surface area contributed by atoms with E-state index in [1.807, 2.05) is 26.8 Å². The fourth-order valence-corrected chi connectivity index (χ4v) is 5.43. The van der Waals surface area contributed by atoms with E-state index >= 15 is 0 Å². The van der Waals surface area contributed by atoms with Crippen LogP contribution >= 0.6 is 0 Å². The Labute approximate surface area is 183 Å². The molecule has 2 atom stereocenters. The van der Waals surface area contributed by atoms with E-state index in [9.17, 15) is 20.4 Å². The molecule has 2 aliphatic rings. The Bertz CT molecular complexity index is 1020. The maximum atomic E-state index is 11.0. The van der Waals surface area contributed by atoms with Gasteiger partial charge in [-0.1, -0.05) is 19.9 Å². The van der Waals surface area contributed by atoms with Gasteiger partial charge < -0.3 is 29.9 Å². The Morgan fingerprint density at radius 1 is 0.806 bits per heavy atom. The highest BCUT2D eigenvalue weighted by Gasteiger charge is 2.45. The second-order valence-corrected chi connectivity index (χ2v) is 9.93. The lowest BCUT2D eigenvalue weighted by Gasteiger charge is -2.42. The van der Waals surface area contributed by atoms with Crippen LogP contribution in [0.5, 0.6) is 28.7 Å². The molecule has 0 fully saturated rings. The van der Waals surface area contributed by atoms with E-state index < -0.39 is 11.0 Å². The van der Waals surface area contributed by atoms with Gasteiger partial charge in [-0.25, -0.2) is 0 Å². The Kier molecular flexibility index (Phi) is 5.04.